The maximum absolute atomic E-state index is 11.5. The van der Waals surface area contributed by atoms with Crippen LogP contribution in [0.25, 0.3) is 11.3 Å². The van der Waals surface area contributed by atoms with E-state index in [-0.39, 0.29) is 5.04 Å². The summed E-state index contributed by atoms with van der Waals surface area (Å²) in [5, 5.41) is 22.7. The quantitative estimate of drug-likeness (QED) is 0.275. The molecular formula is C30H34BN6O2Si. The van der Waals surface area contributed by atoms with Crippen molar-refractivity contribution in [2.75, 3.05) is 23.3 Å². The topological polar surface area (TPSA) is 115 Å². The Morgan fingerprint density at radius 2 is 1.95 bits per heavy atom. The first kappa shape index (κ1) is 29.0. The molecule has 0 spiro atoms. The van der Waals surface area contributed by atoms with Crippen LogP contribution in [0.2, 0.25) is 18.1 Å². The highest BCUT2D eigenvalue weighted by Crippen LogP contribution is 2.46. The van der Waals surface area contributed by atoms with E-state index >= 15 is 0 Å². The molecule has 0 saturated carbocycles. The van der Waals surface area contributed by atoms with Crippen LogP contribution in [-0.2, 0) is 14.6 Å². The standard InChI is InChI=1S/C30H34BN6O2Si/c1-20-8-9-21(15-32)12-26(20)36-28-34-11-10-25(35-28)22-13-23(16-33)27-24(14-22)30(5,17-37(27)31-19-38)18-39-40(6,7)29(2,3)4/h8-14,19H,17-18H2,1-7H3,(H,34,35,36). The fourth-order valence-corrected chi connectivity index (χ4v) is 5.70. The van der Waals surface area contributed by atoms with E-state index in [2.05, 4.69) is 69.3 Å². The minimum Gasteiger partial charge on any atom is -0.416 e. The van der Waals surface area contributed by atoms with Crippen LogP contribution in [0.4, 0.5) is 17.3 Å². The molecule has 0 bridgehead atoms. The average molecular weight is 550 g/mol. The largest absolute Gasteiger partial charge is 0.416 e. The number of aryl methyl sites for hydroxylation is 1. The molecule has 203 valence electrons. The molecule has 0 saturated heterocycles. The Balaban J connectivity index is 1.76. The van der Waals surface area contributed by atoms with Gasteiger partial charge in [0, 0.05) is 41.7 Å². The van der Waals surface area contributed by atoms with E-state index in [9.17, 15) is 15.3 Å². The molecule has 1 aliphatic heterocycles. The summed E-state index contributed by atoms with van der Waals surface area (Å²) in [4.78, 5) is 22.5. The minimum atomic E-state index is -2.05. The molecule has 2 aromatic carbocycles. The Bertz CT molecular complexity index is 1540. The summed E-state index contributed by atoms with van der Waals surface area (Å²) in [6.07, 6.45) is 2.42. The van der Waals surface area contributed by atoms with Gasteiger partial charge in [0.25, 0.3) is 0 Å². The molecular weight excluding hydrogens is 515 g/mol. The number of fused-ring (bicyclic) bond motifs is 1. The van der Waals surface area contributed by atoms with Gasteiger partial charge in [-0.3, -0.25) is 0 Å². The lowest BCUT2D eigenvalue weighted by Gasteiger charge is -2.39. The maximum Gasteiger partial charge on any atom is 0.329 e. The normalized spacial score (nSPS) is 16.6. The van der Waals surface area contributed by atoms with Gasteiger partial charge in [-0.05, 0) is 66.5 Å². The van der Waals surface area contributed by atoms with Crippen LogP contribution in [0.5, 0.6) is 0 Å². The lowest BCUT2D eigenvalue weighted by Crippen LogP contribution is -2.46. The first-order valence-electron chi connectivity index (χ1n) is 13.2. The Kier molecular flexibility index (Phi) is 7.89. The zero-order chi connectivity index (χ0) is 29.3. The van der Waals surface area contributed by atoms with Gasteiger partial charge in [-0.1, -0.05) is 33.8 Å². The van der Waals surface area contributed by atoms with Crippen molar-refractivity contribution in [2.45, 2.75) is 58.2 Å². The van der Waals surface area contributed by atoms with E-state index in [1.807, 2.05) is 17.8 Å². The number of aromatic nitrogens is 2. The number of nitriles is 2. The van der Waals surface area contributed by atoms with Crippen LogP contribution >= 0.6 is 0 Å². The molecule has 10 heteroatoms. The number of carbonyl (C=O) groups is 1. The zero-order valence-corrected chi connectivity index (χ0v) is 25.2. The van der Waals surface area contributed by atoms with Crippen LogP contribution < -0.4 is 10.1 Å². The van der Waals surface area contributed by atoms with Crippen LogP contribution in [0, 0.1) is 29.6 Å². The van der Waals surface area contributed by atoms with Gasteiger partial charge in [-0.15, -0.1) is 0 Å². The van der Waals surface area contributed by atoms with Crippen LogP contribution in [-0.4, -0.2) is 45.0 Å². The monoisotopic (exact) mass is 549 g/mol. The fourth-order valence-electron chi connectivity index (χ4n) is 4.58. The van der Waals surface area contributed by atoms with Gasteiger partial charge >= 0.3 is 7.41 Å². The summed E-state index contributed by atoms with van der Waals surface area (Å²) in [6, 6.07) is 15.6. The molecule has 1 atom stereocenters. The van der Waals surface area contributed by atoms with Crippen molar-refractivity contribution in [1.29, 1.82) is 10.5 Å². The van der Waals surface area contributed by atoms with Crippen molar-refractivity contribution in [3.8, 4) is 23.4 Å². The van der Waals surface area contributed by atoms with Crippen molar-refractivity contribution in [3.05, 3.63) is 64.8 Å². The first-order chi connectivity index (χ1) is 18.8. The van der Waals surface area contributed by atoms with Crippen molar-refractivity contribution in [2.24, 2.45) is 0 Å². The number of carbonyl (C=O) groups excluding carboxylic acids is 1. The molecule has 4 rings (SSSR count). The molecule has 0 amide bonds. The number of nitrogens with zero attached hydrogens (tertiary/aromatic N) is 5. The Hall–Kier alpha value is -3.99. The Morgan fingerprint density at radius 3 is 2.60 bits per heavy atom. The number of anilines is 3. The lowest BCUT2D eigenvalue weighted by atomic mass is 9.83. The molecule has 0 fully saturated rings. The second kappa shape index (κ2) is 10.9. The molecule has 40 heavy (non-hydrogen) atoms. The van der Waals surface area contributed by atoms with Gasteiger partial charge in [0.2, 0.25) is 5.95 Å². The van der Waals surface area contributed by atoms with E-state index in [0.29, 0.717) is 35.9 Å². The van der Waals surface area contributed by atoms with Gasteiger partial charge in [0.1, 0.15) is 12.3 Å². The van der Waals surface area contributed by atoms with Crippen molar-refractivity contribution < 1.29 is 9.22 Å². The highest BCUT2D eigenvalue weighted by molar-refractivity contribution is 6.74. The smallest absolute Gasteiger partial charge is 0.329 e. The molecule has 8 nitrogen and oxygen atoms in total. The van der Waals surface area contributed by atoms with Gasteiger partial charge in [0.15, 0.2) is 8.32 Å². The van der Waals surface area contributed by atoms with Crippen LogP contribution in [0.3, 0.4) is 0 Å². The molecule has 3 aromatic rings. The van der Waals surface area contributed by atoms with E-state index < -0.39 is 13.7 Å². The molecule has 1 N–H and O–H groups in total. The summed E-state index contributed by atoms with van der Waals surface area (Å²) in [5.74, 6) is 0.384. The molecule has 1 unspecified atom stereocenters. The van der Waals surface area contributed by atoms with Crippen molar-refractivity contribution in [1.82, 2.24) is 9.97 Å². The van der Waals surface area contributed by atoms with Crippen molar-refractivity contribution >= 4 is 39.2 Å². The number of hydrogen-bond donors (Lipinski definition) is 1. The summed E-state index contributed by atoms with van der Waals surface area (Å²) in [5.41, 5.74) is 5.37. The van der Waals surface area contributed by atoms with Gasteiger partial charge in [-0.25, -0.2) is 9.97 Å². The lowest BCUT2D eigenvalue weighted by molar-refractivity contribution is 0.219. The summed E-state index contributed by atoms with van der Waals surface area (Å²) in [6.45, 7) is 16.1. The average Bonchev–Trinajstić information content (AvgIpc) is 3.20. The Morgan fingerprint density at radius 1 is 1.20 bits per heavy atom. The second-order valence-corrected chi connectivity index (χ2v) is 16.9. The fraction of sp³-hybridized carbons (Fsp3) is 0.367. The van der Waals surface area contributed by atoms with Crippen molar-refractivity contribution in [3.63, 3.8) is 0 Å². The molecule has 1 radical (unpaired) electrons. The number of benzene rings is 2. The number of hydrogen-bond acceptors (Lipinski definition) is 8. The predicted octanol–water partition coefficient (Wildman–Crippen LogP) is 5.85. The third-order valence-corrected chi connectivity index (χ3v) is 12.5. The third-order valence-electron chi connectivity index (χ3n) is 8.05. The summed E-state index contributed by atoms with van der Waals surface area (Å²) >= 11 is 0. The number of nitrogens with one attached hydrogen (secondary N) is 1. The predicted molar refractivity (Wildman–Crippen MR) is 162 cm³/mol. The first-order valence-corrected chi connectivity index (χ1v) is 16.1. The highest BCUT2D eigenvalue weighted by Gasteiger charge is 2.44. The van der Waals surface area contributed by atoms with E-state index in [0.717, 1.165) is 34.3 Å². The van der Waals surface area contributed by atoms with Crippen LogP contribution in [0.15, 0.2) is 42.6 Å². The molecule has 1 aliphatic rings. The van der Waals surface area contributed by atoms with E-state index in [4.69, 9.17) is 9.41 Å². The molecule has 0 aliphatic carbocycles. The summed E-state index contributed by atoms with van der Waals surface area (Å²) < 4.78 is 6.67. The van der Waals surface area contributed by atoms with Gasteiger partial charge in [-0.2, -0.15) is 10.5 Å². The number of rotatable bonds is 8. The maximum atomic E-state index is 11.5. The molecule has 1 aromatic heterocycles. The van der Waals surface area contributed by atoms with Gasteiger partial charge < -0.3 is 19.3 Å². The van der Waals surface area contributed by atoms with E-state index in [1.165, 1.54) is 7.41 Å². The van der Waals surface area contributed by atoms with Gasteiger partial charge in [0.05, 0.1) is 22.9 Å². The zero-order valence-electron chi connectivity index (χ0n) is 24.2. The van der Waals surface area contributed by atoms with Crippen LogP contribution in [0.1, 0.15) is 49.9 Å². The molecule has 2 heterocycles. The second-order valence-electron chi connectivity index (χ2n) is 12.1. The minimum absolute atomic E-state index is 0.0501. The summed E-state index contributed by atoms with van der Waals surface area (Å²) in [7, 11) is -0.562. The third kappa shape index (κ3) is 5.65. The Labute approximate surface area is 238 Å². The SMILES string of the molecule is Cc1ccc(C#N)cc1Nc1nccc(-c2cc(C#N)c3c(c2)C(C)(CO[Si](C)(C)C(C)(C)C)CN3[B]C=O)n1. The van der Waals surface area contributed by atoms with E-state index in [1.54, 1.807) is 30.5 Å². The highest BCUT2D eigenvalue weighted by atomic mass is 28.4.